The second-order valence-electron chi connectivity index (χ2n) is 4.56. The van der Waals surface area contributed by atoms with Crippen molar-refractivity contribution in [2.24, 2.45) is 0 Å². The number of fused-ring (bicyclic) bond motifs is 3. The van der Waals surface area contributed by atoms with E-state index in [0.29, 0.717) is 0 Å². The third-order valence-electron chi connectivity index (χ3n) is 3.23. The molecule has 17 heavy (non-hydrogen) atoms. The Morgan fingerprint density at radius 2 is 1.41 bits per heavy atom. The quantitative estimate of drug-likeness (QED) is 0.560. The van der Waals surface area contributed by atoms with Gasteiger partial charge in [0, 0.05) is 25.2 Å². The van der Waals surface area contributed by atoms with Gasteiger partial charge in [-0.3, -0.25) is 0 Å². The highest BCUT2D eigenvalue weighted by atomic mass is 15.1. The molecule has 0 unspecified atom stereocenters. The van der Waals surface area contributed by atoms with E-state index in [0.717, 1.165) is 0 Å². The topological polar surface area (TPSA) is 3.24 Å². The van der Waals surface area contributed by atoms with Crippen molar-refractivity contribution in [3.63, 3.8) is 0 Å². The second kappa shape index (κ2) is 3.77. The number of nitrogens with zero attached hydrogens (tertiary/aromatic N) is 1. The molecule has 3 rings (SSSR count). The molecule has 1 nitrogen and oxygen atoms in total. The maximum Gasteiger partial charge on any atom is 0.0447 e. The van der Waals surface area contributed by atoms with Gasteiger partial charge in [0.2, 0.25) is 0 Å². The van der Waals surface area contributed by atoms with Crippen LogP contribution in [0.3, 0.4) is 0 Å². The fourth-order valence-corrected chi connectivity index (χ4v) is 2.41. The molecule has 0 aliphatic heterocycles. The summed E-state index contributed by atoms with van der Waals surface area (Å²) in [5, 5.41) is 5.27. The Morgan fingerprint density at radius 3 is 2.24 bits per heavy atom. The molecule has 84 valence electrons. The second-order valence-corrected chi connectivity index (χ2v) is 4.56. The lowest BCUT2D eigenvalue weighted by atomic mass is 10.0. The van der Waals surface area contributed by atoms with Crippen molar-refractivity contribution >= 4 is 27.2 Å². The van der Waals surface area contributed by atoms with E-state index in [-0.39, 0.29) is 0 Å². The van der Waals surface area contributed by atoms with Crippen molar-refractivity contribution < 1.29 is 0 Å². The van der Waals surface area contributed by atoms with Gasteiger partial charge in [-0.25, -0.2) is 0 Å². The average Bonchev–Trinajstić information content (AvgIpc) is 2.37. The van der Waals surface area contributed by atoms with E-state index in [4.69, 9.17) is 0 Å². The fraction of sp³-hybridized carbons (Fsp3) is 0.125. The van der Waals surface area contributed by atoms with Gasteiger partial charge in [-0.2, -0.15) is 0 Å². The van der Waals surface area contributed by atoms with E-state index in [1.165, 1.54) is 27.2 Å². The smallest absolute Gasteiger partial charge is 0.0447 e. The SMILES string of the molecule is CN(C)c1cccc2ccc3ccccc3c12. The average molecular weight is 221 g/mol. The molecule has 3 aromatic rings. The first-order chi connectivity index (χ1) is 8.27. The van der Waals surface area contributed by atoms with Crippen LogP contribution in [0.2, 0.25) is 0 Å². The highest BCUT2D eigenvalue weighted by Crippen LogP contribution is 2.32. The van der Waals surface area contributed by atoms with E-state index in [1.54, 1.807) is 0 Å². The molecule has 0 saturated heterocycles. The molecule has 0 spiro atoms. The molecule has 0 atom stereocenters. The van der Waals surface area contributed by atoms with Gasteiger partial charge in [0.1, 0.15) is 0 Å². The summed E-state index contributed by atoms with van der Waals surface area (Å²) in [5.41, 5.74) is 1.28. The lowest BCUT2D eigenvalue weighted by molar-refractivity contribution is 1.14. The zero-order valence-corrected chi connectivity index (χ0v) is 10.1. The molecule has 0 heterocycles. The van der Waals surface area contributed by atoms with Crippen LogP contribution in [0.5, 0.6) is 0 Å². The van der Waals surface area contributed by atoms with Crippen LogP contribution < -0.4 is 4.90 Å². The van der Waals surface area contributed by atoms with Crippen LogP contribution in [0.4, 0.5) is 5.69 Å². The predicted octanol–water partition coefficient (Wildman–Crippen LogP) is 4.06. The van der Waals surface area contributed by atoms with Crippen LogP contribution in [0.15, 0.2) is 54.6 Å². The third kappa shape index (κ3) is 1.55. The van der Waals surface area contributed by atoms with Crippen LogP contribution in [0, 0.1) is 0 Å². The largest absolute Gasteiger partial charge is 0.377 e. The first-order valence-corrected chi connectivity index (χ1v) is 5.85. The summed E-state index contributed by atoms with van der Waals surface area (Å²) in [6.07, 6.45) is 0. The Hall–Kier alpha value is -2.02. The third-order valence-corrected chi connectivity index (χ3v) is 3.23. The van der Waals surface area contributed by atoms with Crippen molar-refractivity contribution in [3.8, 4) is 0 Å². The van der Waals surface area contributed by atoms with Crippen LogP contribution in [0.1, 0.15) is 0 Å². The molecule has 0 aliphatic carbocycles. The number of anilines is 1. The Balaban J connectivity index is 2.54. The summed E-state index contributed by atoms with van der Waals surface area (Å²) in [7, 11) is 4.19. The molecule has 0 bridgehead atoms. The minimum Gasteiger partial charge on any atom is -0.377 e. The summed E-state index contributed by atoms with van der Waals surface area (Å²) >= 11 is 0. The van der Waals surface area contributed by atoms with E-state index in [1.807, 2.05) is 0 Å². The highest BCUT2D eigenvalue weighted by Gasteiger charge is 2.06. The van der Waals surface area contributed by atoms with Crippen LogP contribution in [-0.4, -0.2) is 14.1 Å². The summed E-state index contributed by atoms with van der Waals surface area (Å²) in [4.78, 5) is 2.18. The highest BCUT2D eigenvalue weighted by molar-refractivity contribution is 6.13. The molecule has 0 aromatic heterocycles. The summed E-state index contributed by atoms with van der Waals surface area (Å²) in [6.45, 7) is 0. The number of benzene rings is 3. The first kappa shape index (κ1) is 10.2. The molecule has 3 aromatic carbocycles. The molecular formula is C16H15N. The summed E-state index contributed by atoms with van der Waals surface area (Å²) in [6, 6.07) is 19.4. The standard InChI is InChI=1S/C16H15N/c1-17(2)15-9-5-7-13-11-10-12-6-3-4-8-14(12)16(13)15/h3-11H,1-2H3. The van der Waals surface area contributed by atoms with E-state index in [9.17, 15) is 0 Å². The molecule has 0 N–H and O–H groups in total. The maximum atomic E-state index is 2.20. The van der Waals surface area contributed by atoms with Gasteiger partial charge < -0.3 is 4.90 Å². The molecular weight excluding hydrogens is 206 g/mol. The van der Waals surface area contributed by atoms with Gasteiger partial charge in [0.05, 0.1) is 0 Å². The van der Waals surface area contributed by atoms with Gasteiger partial charge in [-0.15, -0.1) is 0 Å². The number of hydrogen-bond donors (Lipinski definition) is 0. The lowest BCUT2D eigenvalue weighted by Crippen LogP contribution is -2.08. The normalized spacial score (nSPS) is 10.9. The fourth-order valence-electron chi connectivity index (χ4n) is 2.41. The van der Waals surface area contributed by atoms with E-state index < -0.39 is 0 Å². The number of rotatable bonds is 1. The minimum absolute atomic E-state index is 1.28. The van der Waals surface area contributed by atoms with Gasteiger partial charge >= 0.3 is 0 Å². The molecule has 0 fully saturated rings. The Bertz CT molecular complexity index is 683. The van der Waals surface area contributed by atoms with Crippen molar-refractivity contribution in [3.05, 3.63) is 54.6 Å². The van der Waals surface area contributed by atoms with Crippen LogP contribution >= 0.6 is 0 Å². The zero-order valence-electron chi connectivity index (χ0n) is 10.1. The van der Waals surface area contributed by atoms with Crippen LogP contribution in [-0.2, 0) is 0 Å². The van der Waals surface area contributed by atoms with Gasteiger partial charge in [0.25, 0.3) is 0 Å². The van der Waals surface area contributed by atoms with Crippen LogP contribution in [0.25, 0.3) is 21.5 Å². The summed E-state index contributed by atoms with van der Waals surface area (Å²) in [5.74, 6) is 0. The molecule has 0 aliphatic rings. The Labute approximate surface area is 101 Å². The van der Waals surface area contributed by atoms with Gasteiger partial charge in [0.15, 0.2) is 0 Å². The van der Waals surface area contributed by atoms with Crippen molar-refractivity contribution in [1.29, 1.82) is 0 Å². The predicted molar refractivity (Wildman–Crippen MR) is 75.8 cm³/mol. The minimum atomic E-state index is 1.28. The number of hydrogen-bond acceptors (Lipinski definition) is 1. The van der Waals surface area contributed by atoms with Gasteiger partial charge in [-0.1, -0.05) is 48.5 Å². The Morgan fingerprint density at radius 1 is 0.706 bits per heavy atom. The monoisotopic (exact) mass is 221 g/mol. The summed E-state index contributed by atoms with van der Waals surface area (Å²) < 4.78 is 0. The molecule has 0 radical (unpaired) electrons. The first-order valence-electron chi connectivity index (χ1n) is 5.85. The van der Waals surface area contributed by atoms with Gasteiger partial charge in [-0.05, 0) is 22.2 Å². The van der Waals surface area contributed by atoms with Crippen molar-refractivity contribution in [1.82, 2.24) is 0 Å². The zero-order chi connectivity index (χ0) is 11.8. The maximum absolute atomic E-state index is 2.20. The lowest BCUT2D eigenvalue weighted by Gasteiger charge is -2.16. The van der Waals surface area contributed by atoms with Crippen molar-refractivity contribution in [2.45, 2.75) is 0 Å². The van der Waals surface area contributed by atoms with E-state index in [2.05, 4.69) is 73.6 Å². The van der Waals surface area contributed by atoms with Crippen molar-refractivity contribution in [2.75, 3.05) is 19.0 Å². The molecule has 0 saturated carbocycles. The molecule has 1 heteroatoms. The van der Waals surface area contributed by atoms with E-state index >= 15 is 0 Å². The molecule has 0 amide bonds. The Kier molecular flexibility index (Phi) is 2.25.